The zero-order chi connectivity index (χ0) is 21.4. The van der Waals surface area contributed by atoms with Crippen molar-refractivity contribution >= 4 is 23.3 Å². The zero-order valence-corrected chi connectivity index (χ0v) is 17.2. The molecule has 2 amide bonds. The number of benzene rings is 2. The highest BCUT2D eigenvalue weighted by Gasteiger charge is 2.17. The largest absolute Gasteiger partial charge is 0.497 e. The van der Waals surface area contributed by atoms with E-state index in [0.717, 1.165) is 5.56 Å². The summed E-state index contributed by atoms with van der Waals surface area (Å²) in [6.07, 6.45) is 0.0608. The van der Waals surface area contributed by atoms with E-state index in [9.17, 15) is 14.4 Å². The zero-order valence-electron chi connectivity index (χ0n) is 17.2. The summed E-state index contributed by atoms with van der Waals surface area (Å²) in [6.45, 7) is 1.78. The molecule has 0 atom stereocenters. The lowest BCUT2D eigenvalue weighted by molar-refractivity contribution is -0.133. The molecule has 2 rings (SSSR count). The quantitative estimate of drug-likeness (QED) is 0.656. The second kappa shape index (κ2) is 10.3. The van der Waals surface area contributed by atoms with Crippen LogP contribution in [-0.4, -0.2) is 50.3 Å². The lowest BCUT2D eigenvalue weighted by Crippen LogP contribution is -2.35. The van der Waals surface area contributed by atoms with Gasteiger partial charge in [0.2, 0.25) is 11.8 Å². The summed E-state index contributed by atoms with van der Waals surface area (Å²) in [5.74, 6) is 0.396. The molecule has 154 valence electrons. The Morgan fingerprint density at radius 2 is 1.66 bits per heavy atom. The number of nitrogens with zero attached hydrogens (tertiary/aromatic N) is 1. The summed E-state index contributed by atoms with van der Waals surface area (Å²) < 4.78 is 10.3. The van der Waals surface area contributed by atoms with Crippen LogP contribution in [0.1, 0.15) is 28.8 Å². The molecule has 0 bridgehead atoms. The first-order chi connectivity index (χ1) is 13.8. The number of aryl methyl sites for hydroxylation is 1. The standard InChI is InChI=1S/C22H26N2O5/c1-15-5-11-20(29-4)18(13-15)19(25)10-12-22(27)24(2)14-21(26)23-16-6-8-17(28-3)9-7-16/h5-9,11,13H,10,12,14H2,1-4H3,(H,23,26). The van der Waals surface area contributed by atoms with Gasteiger partial charge >= 0.3 is 0 Å². The van der Waals surface area contributed by atoms with E-state index in [-0.39, 0.29) is 37.0 Å². The number of nitrogens with one attached hydrogen (secondary N) is 1. The number of hydrogen-bond donors (Lipinski definition) is 1. The van der Waals surface area contributed by atoms with Crippen LogP contribution in [0.4, 0.5) is 5.69 Å². The van der Waals surface area contributed by atoms with Crippen LogP contribution >= 0.6 is 0 Å². The highest BCUT2D eigenvalue weighted by Crippen LogP contribution is 2.22. The molecular formula is C22H26N2O5. The number of rotatable bonds is 9. The van der Waals surface area contributed by atoms with Gasteiger partial charge < -0.3 is 19.7 Å². The molecule has 0 heterocycles. The molecule has 29 heavy (non-hydrogen) atoms. The fraction of sp³-hybridized carbons (Fsp3) is 0.318. The van der Waals surface area contributed by atoms with E-state index in [1.54, 1.807) is 43.5 Å². The number of carbonyl (C=O) groups excluding carboxylic acids is 3. The molecule has 0 aliphatic heterocycles. The minimum atomic E-state index is -0.322. The molecule has 0 aromatic heterocycles. The average molecular weight is 398 g/mol. The Hall–Kier alpha value is -3.35. The van der Waals surface area contributed by atoms with Gasteiger partial charge in [0.1, 0.15) is 11.5 Å². The van der Waals surface area contributed by atoms with E-state index in [0.29, 0.717) is 22.7 Å². The Labute approximate surface area is 170 Å². The number of methoxy groups -OCH3 is 2. The van der Waals surface area contributed by atoms with E-state index >= 15 is 0 Å². The molecule has 1 N–H and O–H groups in total. The highest BCUT2D eigenvalue weighted by molar-refractivity contribution is 6.01. The smallest absolute Gasteiger partial charge is 0.243 e. The maximum Gasteiger partial charge on any atom is 0.243 e. The van der Waals surface area contributed by atoms with Crippen LogP contribution in [-0.2, 0) is 9.59 Å². The van der Waals surface area contributed by atoms with Crippen molar-refractivity contribution in [3.8, 4) is 11.5 Å². The van der Waals surface area contributed by atoms with Gasteiger partial charge in [-0.25, -0.2) is 0 Å². The molecule has 0 aliphatic carbocycles. The van der Waals surface area contributed by atoms with Crippen molar-refractivity contribution < 1.29 is 23.9 Å². The van der Waals surface area contributed by atoms with Gasteiger partial charge in [-0.2, -0.15) is 0 Å². The second-order valence-electron chi connectivity index (χ2n) is 6.65. The number of ketones is 1. The van der Waals surface area contributed by atoms with Gasteiger partial charge in [0.25, 0.3) is 0 Å². The van der Waals surface area contributed by atoms with Gasteiger partial charge in [-0.1, -0.05) is 11.6 Å². The van der Waals surface area contributed by atoms with Crippen LogP contribution in [0.3, 0.4) is 0 Å². The van der Waals surface area contributed by atoms with Crippen molar-refractivity contribution in [1.29, 1.82) is 0 Å². The molecule has 7 heteroatoms. The number of hydrogen-bond acceptors (Lipinski definition) is 5. The summed E-state index contributed by atoms with van der Waals surface area (Å²) in [4.78, 5) is 38.2. The summed E-state index contributed by atoms with van der Waals surface area (Å²) in [5.41, 5.74) is 2.01. The SMILES string of the molecule is COc1ccc(NC(=O)CN(C)C(=O)CCC(=O)c2cc(C)ccc2OC)cc1. The Balaban J connectivity index is 1.86. The Kier molecular flexibility index (Phi) is 7.77. The lowest BCUT2D eigenvalue weighted by atomic mass is 10.0. The minimum absolute atomic E-state index is 0.0161. The number of likely N-dealkylation sites (N-methyl/N-ethyl adjacent to an activating group) is 1. The van der Waals surface area contributed by atoms with Crippen molar-refractivity contribution in [2.45, 2.75) is 19.8 Å². The molecule has 7 nitrogen and oxygen atoms in total. The van der Waals surface area contributed by atoms with E-state index in [2.05, 4.69) is 5.32 Å². The van der Waals surface area contributed by atoms with Crippen LogP contribution in [0.2, 0.25) is 0 Å². The normalized spacial score (nSPS) is 10.2. The number of carbonyl (C=O) groups is 3. The van der Waals surface area contributed by atoms with Gasteiger partial charge in [-0.05, 0) is 43.3 Å². The van der Waals surface area contributed by atoms with Crippen LogP contribution < -0.4 is 14.8 Å². The summed E-state index contributed by atoms with van der Waals surface area (Å²) in [7, 11) is 4.60. The van der Waals surface area contributed by atoms with Crippen LogP contribution in [0.25, 0.3) is 0 Å². The topological polar surface area (TPSA) is 84.9 Å². The summed E-state index contributed by atoms with van der Waals surface area (Å²) in [5, 5.41) is 2.72. The van der Waals surface area contributed by atoms with Crippen LogP contribution in [0, 0.1) is 6.92 Å². The molecule has 0 radical (unpaired) electrons. The number of Topliss-reactive ketones (excluding diaryl/α,β-unsaturated/α-hetero) is 1. The van der Waals surface area contributed by atoms with Crippen molar-refractivity contribution in [3.05, 3.63) is 53.6 Å². The Morgan fingerprint density at radius 3 is 2.28 bits per heavy atom. The van der Waals surface area contributed by atoms with Crippen molar-refractivity contribution in [2.75, 3.05) is 33.1 Å². The number of ether oxygens (including phenoxy) is 2. The second-order valence-corrected chi connectivity index (χ2v) is 6.65. The third kappa shape index (κ3) is 6.34. The highest BCUT2D eigenvalue weighted by atomic mass is 16.5. The molecule has 0 unspecified atom stereocenters. The fourth-order valence-electron chi connectivity index (χ4n) is 2.76. The predicted octanol–water partition coefficient (Wildman–Crippen LogP) is 3.07. The van der Waals surface area contributed by atoms with Crippen molar-refractivity contribution in [3.63, 3.8) is 0 Å². The average Bonchev–Trinajstić information content (AvgIpc) is 2.72. The van der Waals surface area contributed by atoms with Gasteiger partial charge in [0, 0.05) is 25.6 Å². The van der Waals surface area contributed by atoms with Gasteiger partial charge in [-0.3, -0.25) is 14.4 Å². The van der Waals surface area contributed by atoms with Crippen molar-refractivity contribution in [2.24, 2.45) is 0 Å². The van der Waals surface area contributed by atoms with Crippen LogP contribution in [0.15, 0.2) is 42.5 Å². The van der Waals surface area contributed by atoms with Gasteiger partial charge in [-0.15, -0.1) is 0 Å². The molecule has 0 saturated heterocycles. The summed E-state index contributed by atoms with van der Waals surface area (Å²) in [6, 6.07) is 12.2. The predicted molar refractivity (Wildman–Crippen MR) is 111 cm³/mol. The van der Waals surface area contributed by atoms with Crippen molar-refractivity contribution in [1.82, 2.24) is 4.90 Å². The molecule has 0 aliphatic rings. The van der Waals surface area contributed by atoms with E-state index in [4.69, 9.17) is 9.47 Å². The molecule has 2 aromatic rings. The maximum atomic E-state index is 12.5. The first kappa shape index (κ1) is 21.9. The Bertz CT molecular complexity index is 877. The molecule has 0 saturated carbocycles. The maximum absolute atomic E-state index is 12.5. The molecule has 0 spiro atoms. The number of anilines is 1. The fourth-order valence-corrected chi connectivity index (χ4v) is 2.76. The minimum Gasteiger partial charge on any atom is -0.497 e. The van der Waals surface area contributed by atoms with Crippen LogP contribution in [0.5, 0.6) is 11.5 Å². The number of amides is 2. The summed E-state index contributed by atoms with van der Waals surface area (Å²) >= 11 is 0. The van der Waals surface area contributed by atoms with E-state index in [1.165, 1.54) is 19.1 Å². The molecule has 0 fully saturated rings. The molecular weight excluding hydrogens is 372 g/mol. The van der Waals surface area contributed by atoms with Gasteiger partial charge in [0.15, 0.2) is 5.78 Å². The Morgan fingerprint density at radius 1 is 0.966 bits per heavy atom. The third-order valence-corrected chi connectivity index (χ3v) is 4.40. The molecule has 2 aromatic carbocycles. The third-order valence-electron chi connectivity index (χ3n) is 4.40. The first-order valence-electron chi connectivity index (χ1n) is 9.19. The van der Waals surface area contributed by atoms with E-state index < -0.39 is 0 Å². The lowest BCUT2D eigenvalue weighted by Gasteiger charge is -2.17. The monoisotopic (exact) mass is 398 g/mol. The first-order valence-corrected chi connectivity index (χ1v) is 9.19. The van der Waals surface area contributed by atoms with Gasteiger partial charge in [0.05, 0.1) is 26.3 Å². The van der Waals surface area contributed by atoms with E-state index in [1.807, 2.05) is 13.0 Å².